The third-order valence-corrected chi connectivity index (χ3v) is 5.70. The molecule has 3 aromatic rings. The van der Waals surface area contributed by atoms with Gasteiger partial charge >= 0.3 is 0 Å². The number of nitrogens with one attached hydrogen (secondary N) is 1. The molecule has 1 aliphatic rings. The summed E-state index contributed by atoms with van der Waals surface area (Å²) in [5, 5.41) is 12.9. The van der Waals surface area contributed by atoms with Crippen LogP contribution in [0.15, 0.2) is 47.9 Å². The van der Waals surface area contributed by atoms with Crippen molar-refractivity contribution < 1.29 is 9.13 Å². The molecule has 0 saturated carbocycles. The molecule has 1 aliphatic heterocycles. The van der Waals surface area contributed by atoms with Crippen molar-refractivity contribution in [2.45, 2.75) is 38.8 Å². The van der Waals surface area contributed by atoms with Crippen LogP contribution in [0.4, 0.5) is 4.39 Å². The lowest BCUT2D eigenvalue weighted by molar-refractivity contribution is 0.209. The highest BCUT2D eigenvalue weighted by Crippen LogP contribution is 2.29. The smallest absolute Gasteiger partial charge is 0.201 e. The molecule has 1 saturated heterocycles. The second-order valence-corrected chi connectivity index (χ2v) is 7.97. The number of aliphatic imine (C=N–C) groups is 1. The first-order valence-electron chi connectivity index (χ1n) is 10.9. The van der Waals surface area contributed by atoms with Crippen molar-refractivity contribution in [3.05, 3.63) is 65.6 Å². The van der Waals surface area contributed by atoms with Gasteiger partial charge in [0.1, 0.15) is 29.3 Å². The second kappa shape index (κ2) is 9.79. The zero-order valence-corrected chi connectivity index (χ0v) is 18.6. The summed E-state index contributed by atoms with van der Waals surface area (Å²) >= 11 is 0. The number of nitrogens with zero attached hydrogens (tertiary/aromatic N) is 5. The number of halogens is 1. The van der Waals surface area contributed by atoms with Crippen LogP contribution in [0.1, 0.15) is 49.7 Å². The lowest BCUT2D eigenvalue weighted by Crippen LogP contribution is -2.30. The standard InChI is InChI=1S/C24H26FN7O/c1-15(31-19-5-7-28-8-6-19)21(12-27)17-9-23-30-14-20(11-26)32(23)24(10-17)33-16(2)22-4-3-18(25)13-29-22/h3-4,9-10,12-14,16,19,28H,5-8,27H2,1-2H3/b21-12+,31-15?. The van der Waals surface area contributed by atoms with Crippen LogP contribution < -0.4 is 15.8 Å². The van der Waals surface area contributed by atoms with E-state index in [2.05, 4.69) is 21.4 Å². The van der Waals surface area contributed by atoms with Crippen LogP contribution >= 0.6 is 0 Å². The summed E-state index contributed by atoms with van der Waals surface area (Å²) in [4.78, 5) is 13.4. The summed E-state index contributed by atoms with van der Waals surface area (Å²) in [6, 6.07) is 8.97. The predicted octanol–water partition coefficient (Wildman–Crippen LogP) is 3.39. The lowest BCUT2D eigenvalue weighted by atomic mass is 10.0. The number of allylic oxidation sites excluding steroid dienone is 1. The van der Waals surface area contributed by atoms with Crippen LogP contribution in [-0.2, 0) is 0 Å². The van der Waals surface area contributed by atoms with E-state index in [4.69, 9.17) is 15.5 Å². The Morgan fingerprint density at radius 3 is 2.79 bits per heavy atom. The first-order chi connectivity index (χ1) is 16.0. The van der Waals surface area contributed by atoms with E-state index in [0.717, 1.165) is 49.0 Å². The third kappa shape index (κ3) is 4.86. The van der Waals surface area contributed by atoms with Crippen LogP contribution in [0.25, 0.3) is 11.2 Å². The molecule has 1 unspecified atom stereocenters. The highest BCUT2D eigenvalue weighted by Gasteiger charge is 2.19. The number of nitriles is 1. The molecule has 4 heterocycles. The average Bonchev–Trinajstić information content (AvgIpc) is 3.24. The van der Waals surface area contributed by atoms with Crippen molar-refractivity contribution in [3.8, 4) is 11.9 Å². The van der Waals surface area contributed by atoms with Crippen molar-refractivity contribution in [3.63, 3.8) is 0 Å². The maximum Gasteiger partial charge on any atom is 0.201 e. The zero-order valence-electron chi connectivity index (χ0n) is 18.6. The highest BCUT2D eigenvalue weighted by atomic mass is 19.1. The van der Waals surface area contributed by atoms with Crippen LogP contribution in [0.3, 0.4) is 0 Å². The second-order valence-electron chi connectivity index (χ2n) is 7.97. The Morgan fingerprint density at radius 1 is 1.33 bits per heavy atom. The molecule has 0 amide bonds. The fourth-order valence-electron chi connectivity index (χ4n) is 3.97. The molecular weight excluding hydrogens is 421 g/mol. The number of hydrogen-bond acceptors (Lipinski definition) is 7. The van der Waals surface area contributed by atoms with E-state index < -0.39 is 11.9 Å². The van der Waals surface area contributed by atoms with Crippen LogP contribution in [0, 0.1) is 17.1 Å². The monoisotopic (exact) mass is 447 g/mol. The van der Waals surface area contributed by atoms with Gasteiger partial charge in [-0.2, -0.15) is 5.26 Å². The van der Waals surface area contributed by atoms with Gasteiger partial charge in [0.25, 0.3) is 0 Å². The first kappa shape index (κ1) is 22.4. The fourth-order valence-corrected chi connectivity index (χ4v) is 3.97. The Hall–Kier alpha value is -3.77. The molecule has 1 fully saturated rings. The molecule has 0 radical (unpaired) electrons. The summed E-state index contributed by atoms with van der Waals surface area (Å²) < 4.78 is 21.1. The van der Waals surface area contributed by atoms with Gasteiger partial charge in [-0.25, -0.2) is 9.37 Å². The molecular formula is C24H26FN7O. The number of rotatable bonds is 6. The molecule has 0 spiro atoms. The van der Waals surface area contributed by atoms with Gasteiger partial charge in [-0.15, -0.1) is 0 Å². The maximum absolute atomic E-state index is 13.3. The minimum atomic E-state index is -0.493. The minimum Gasteiger partial charge on any atom is -0.469 e. The van der Waals surface area contributed by atoms with Crippen LogP contribution in [-0.4, -0.2) is 39.2 Å². The van der Waals surface area contributed by atoms with E-state index in [1.54, 1.807) is 10.5 Å². The summed E-state index contributed by atoms with van der Waals surface area (Å²) in [5.74, 6) is -0.0119. The SMILES string of the molecule is CC(=NC1CCNCC1)/C(=C\N)c1cc(OC(C)c2ccc(F)cn2)n2c(C#N)cnc2c1. The van der Waals surface area contributed by atoms with Crippen LogP contribution in [0.2, 0.25) is 0 Å². The Morgan fingerprint density at radius 2 is 2.12 bits per heavy atom. The number of fused-ring (bicyclic) bond motifs is 1. The Kier molecular flexibility index (Phi) is 6.66. The third-order valence-electron chi connectivity index (χ3n) is 5.70. The topological polar surface area (TPSA) is 114 Å². The molecule has 33 heavy (non-hydrogen) atoms. The first-order valence-corrected chi connectivity index (χ1v) is 10.9. The lowest BCUT2D eigenvalue weighted by Gasteiger charge is -2.21. The summed E-state index contributed by atoms with van der Waals surface area (Å²) in [6.07, 6.45) is 5.65. The number of imidazole rings is 1. The number of hydrogen-bond donors (Lipinski definition) is 2. The molecule has 9 heteroatoms. The van der Waals surface area contributed by atoms with Gasteiger partial charge in [0.2, 0.25) is 5.88 Å². The molecule has 3 N–H and O–H groups in total. The fraction of sp³-hybridized carbons (Fsp3) is 0.333. The predicted molar refractivity (Wildman–Crippen MR) is 124 cm³/mol. The van der Waals surface area contributed by atoms with E-state index in [1.807, 2.05) is 26.0 Å². The largest absolute Gasteiger partial charge is 0.469 e. The molecule has 1 atom stereocenters. The molecule has 0 aliphatic carbocycles. The Balaban J connectivity index is 1.73. The van der Waals surface area contributed by atoms with Crippen LogP contribution in [0.5, 0.6) is 5.88 Å². The highest BCUT2D eigenvalue weighted by molar-refractivity contribution is 6.22. The minimum absolute atomic E-state index is 0.252. The average molecular weight is 448 g/mol. The molecule has 4 rings (SSSR count). The number of ether oxygens (including phenoxy) is 1. The summed E-state index contributed by atoms with van der Waals surface area (Å²) in [7, 11) is 0. The number of aromatic nitrogens is 3. The van der Waals surface area contributed by atoms with Gasteiger partial charge in [0.05, 0.1) is 24.1 Å². The Labute approximate surface area is 191 Å². The van der Waals surface area contributed by atoms with Crippen molar-refractivity contribution >= 4 is 16.9 Å². The molecule has 170 valence electrons. The van der Waals surface area contributed by atoms with Gasteiger partial charge in [0, 0.05) is 23.6 Å². The van der Waals surface area contributed by atoms with Crippen molar-refractivity contribution in [1.82, 2.24) is 19.7 Å². The normalized spacial score (nSPS) is 16.5. The van der Waals surface area contributed by atoms with Crippen molar-refractivity contribution in [2.75, 3.05) is 13.1 Å². The maximum atomic E-state index is 13.3. The molecule has 3 aromatic heterocycles. The Bertz CT molecular complexity index is 1230. The van der Waals surface area contributed by atoms with E-state index in [0.29, 0.717) is 22.9 Å². The molecule has 8 nitrogen and oxygen atoms in total. The van der Waals surface area contributed by atoms with Crippen molar-refractivity contribution in [1.29, 1.82) is 5.26 Å². The van der Waals surface area contributed by atoms with E-state index in [-0.39, 0.29) is 6.04 Å². The van der Waals surface area contributed by atoms with Gasteiger partial charge in [-0.05, 0) is 63.5 Å². The van der Waals surface area contributed by atoms with E-state index in [9.17, 15) is 9.65 Å². The van der Waals surface area contributed by atoms with E-state index >= 15 is 0 Å². The number of pyridine rings is 2. The van der Waals surface area contributed by atoms with E-state index in [1.165, 1.54) is 18.5 Å². The zero-order chi connectivity index (χ0) is 23.4. The van der Waals surface area contributed by atoms with Gasteiger partial charge in [0.15, 0.2) is 0 Å². The molecule has 0 bridgehead atoms. The summed E-state index contributed by atoms with van der Waals surface area (Å²) in [5.41, 5.74) is 9.86. The van der Waals surface area contributed by atoms with Gasteiger partial charge in [-0.1, -0.05) is 0 Å². The quantitative estimate of drug-likeness (QED) is 0.560. The van der Waals surface area contributed by atoms with Gasteiger partial charge < -0.3 is 15.8 Å². The van der Waals surface area contributed by atoms with Gasteiger partial charge in [-0.3, -0.25) is 14.4 Å². The summed E-state index contributed by atoms with van der Waals surface area (Å²) in [6.45, 7) is 5.66. The number of piperidine rings is 1. The number of nitrogens with two attached hydrogens (primary N) is 1. The van der Waals surface area contributed by atoms with Crippen molar-refractivity contribution in [2.24, 2.45) is 10.7 Å². The molecule has 0 aromatic carbocycles.